The number of rotatable bonds is 6. The molecule has 1 aliphatic heterocycles. The van der Waals surface area contributed by atoms with Crippen LogP contribution in [0.3, 0.4) is 0 Å². The standard InChI is InChI=1S/C24H24F2N4O/c1-29-12-14-30(15-13-29)22-16-20(21(17-27-22)31-24(25)26)28-23(18-8-4-2-5-9-18)19-10-6-3-7-11-19/h2-11,16-17,24H,12-15H2,1H3. The number of aliphatic imine (C=N–C) groups is 1. The molecule has 0 aliphatic carbocycles. The number of nitrogens with zero attached hydrogens (tertiary/aromatic N) is 4. The van der Waals surface area contributed by atoms with Gasteiger partial charge in [-0.1, -0.05) is 60.7 Å². The second-order valence-corrected chi connectivity index (χ2v) is 7.37. The maximum Gasteiger partial charge on any atom is 0.387 e. The molecule has 0 atom stereocenters. The third-order valence-corrected chi connectivity index (χ3v) is 5.20. The molecule has 1 aromatic heterocycles. The van der Waals surface area contributed by atoms with E-state index in [0.29, 0.717) is 17.2 Å². The second-order valence-electron chi connectivity index (χ2n) is 7.37. The molecule has 4 rings (SSSR count). The summed E-state index contributed by atoms with van der Waals surface area (Å²) in [6.45, 7) is 0.490. The van der Waals surface area contributed by atoms with Crippen molar-refractivity contribution in [1.82, 2.24) is 9.88 Å². The third-order valence-electron chi connectivity index (χ3n) is 5.20. The highest BCUT2D eigenvalue weighted by atomic mass is 19.3. The van der Waals surface area contributed by atoms with E-state index in [9.17, 15) is 8.78 Å². The lowest BCUT2D eigenvalue weighted by Gasteiger charge is -2.33. The number of anilines is 1. The summed E-state index contributed by atoms with van der Waals surface area (Å²) in [6, 6.07) is 21.1. The first kappa shape index (κ1) is 20.9. The zero-order valence-electron chi connectivity index (χ0n) is 17.3. The molecule has 0 radical (unpaired) electrons. The average Bonchev–Trinajstić information content (AvgIpc) is 2.80. The topological polar surface area (TPSA) is 41.0 Å². The number of piperazine rings is 1. The van der Waals surface area contributed by atoms with Crippen LogP contribution in [0.1, 0.15) is 11.1 Å². The molecule has 1 aliphatic rings. The molecule has 0 N–H and O–H groups in total. The van der Waals surface area contributed by atoms with E-state index in [-0.39, 0.29) is 5.75 Å². The van der Waals surface area contributed by atoms with Crippen molar-refractivity contribution in [1.29, 1.82) is 0 Å². The highest BCUT2D eigenvalue weighted by Crippen LogP contribution is 2.33. The van der Waals surface area contributed by atoms with Gasteiger partial charge in [0.05, 0.1) is 11.9 Å². The third kappa shape index (κ3) is 5.24. The van der Waals surface area contributed by atoms with Crippen LogP contribution in [0.4, 0.5) is 20.3 Å². The van der Waals surface area contributed by atoms with Crippen molar-refractivity contribution >= 4 is 17.2 Å². The maximum atomic E-state index is 13.1. The van der Waals surface area contributed by atoms with Crippen LogP contribution in [0, 0.1) is 0 Å². The van der Waals surface area contributed by atoms with Gasteiger partial charge in [0, 0.05) is 43.4 Å². The normalized spacial score (nSPS) is 14.5. The lowest BCUT2D eigenvalue weighted by Crippen LogP contribution is -2.44. The van der Waals surface area contributed by atoms with Crippen LogP contribution in [-0.2, 0) is 0 Å². The van der Waals surface area contributed by atoms with Crippen molar-refractivity contribution < 1.29 is 13.5 Å². The Labute approximate surface area is 180 Å². The van der Waals surface area contributed by atoms with Gasteiger partial charge in [0.15, 0.2) is 5.75 Å². The highest BCUT2D eigenvalue weighted by molar-refractivity contribution is 6.14. The first-order valence-corrected chi connectivity index (χ1v) is 10.2. The van der Waals surface area contributed by atoms with E-state index < -0.39 is 6.61 Å². The van der Waals surface area contributed by atoms with Crippen molar-refractivity contribution in [3.8, 4) is 5.75 Å². The zero-order valence-corrected chi connectivity index (χ0v) is 17.3. The van der Waals surface area contributed by atoms with E-state index in [2.05, 4.69) is 21.8 Å². The number of aromatic nitrogens is 1. The Bertz CT molecular complexity index is 979. The summed E-state index contributed by atoms with van der Waals surface area (Å²) in [6.07, 6.45) is 1.34. The SMILES string of the molecule is CN1CCN(c2cc(N=C(c3ccccc3)c3ccccc3)c(OC(F)F)cn2)CC1. The Morgan fingerprint density at radius 1 is 0.935 bits per heavy atom. The van der Waals surface area contributed by atoms with Crippen molar-refractivity contribution in [2.45, 2.75) is 6.61 Å². The number of alkyl halides is 2. The minimum absolute atomic E-state index is 0.0442. The molecule has 0 unspecified atom stereocenters. The molecule has 0 bridgehead atoms. The van der Waals surface area contributed by atoms with Gasteiger partial charge >= 0.3 is 6.61 Å². The number of hydrogen-bond acceptors (Lipinski definition) is 5. The van der Waals surface area contributed by atoms with Gasteiger partial charge in [-0.2, -0.15) is 8.78 Å². The number of benzene rings is 2. The molecule has 0 saturated carbocycles. The van der Waals surface area contributed by atoms with Gasteiger partial charge < -0.3 is 14.5 Å². The fourth-order valence-corrected chi connectivity index (χ4v) is 3.51. The molecule has 0 amide bonds. The van der Waals surface area contributed by atoms with Crippen LogP contribution < -0.4 is 9.64 Å². The number of pyridine rings is 1. The number of ether oxygens (including phenoxy) is 1. The fraction of sp³-hybridized carbons (Fsp3) is 0.250. The summed E-state index contributed by atoms with van der Waals surface area (Å²) in [5.41, 5.74) is 2.77. The summed E-state index contributed by atoms with van der Waals surface area (Å²) < 4.78 is 30.9. The van der Waals surface area contributed by atoms with Gasteiger partial charge in [0.25, 0.3) is 0 Å². The van der Waals surface area contributed by atoms with E-state index in [1.54, 1.807) is 6.07 Å². The molecule has 5 nitrogen and oxygen atoms in total. The summed E-state index contributed by atoms with van der Waals surface area (Å²) in [5.74, 6) is 0.658. The van der Waals surface area contributed by atoms with E-state index >= 15 is 0 Å². The van der Waals surface area contributed by atoms with Gasteiger partial charge in [0.2, 0.25) is 0 Å². The molecule has 2 aromatic carbocycles. The van der Waals surface area contributed by atoms with E-state index in [1.807, 2.05) is 60.7 Å². The first-order valence-electron chi connectivity index (χ1n) is 10.2. The van der Waals surface area contributed by atoms with E-state index in [0.717, 1.165) is 37.3 Å². The second kappa shape index (κ2) is 9.66. The number of hydrogen-bond donors (Lipinski definition) is 0. The van der Waals surface area contributed by atoms with E-state index in [1.165, 1.54) is 6.20 Å². The largest absolute Gasteiger partial charge is 0.431 e. The molecule has 160 valence electrons. The molecular formula is C24H24F2N4O. The molecule has 31 heavy (non-hydrogen) atoms. The van der Waals surface area contributed by atoms with Gasteiger partial charge in [-0.3, -0.25) is 0 Å². The predicted octanol–water partition coefficient (Wildman–Crippen LogP) is 4.60. The summed E-state index contributed by atoms with van der Waals surface area (Å²) >= 11 is 0. The highest BCUT2D eigenvalue weighted by Gasteiger charge is 2.19. The molecular weight excluding hydrogens is 398 g/mol. The van der Waals surface area contributed by atoms with Gasteiger partial charge in [-0.05, 0) is 7.05 Å². The fourth-order valence-electron chi connectivity index (χ4n) is 3.51. The van der Waals surface area contributed by atoms with E-state index in [4.69, 9.17) is 9.73 Å². The van der Waals surface area contributed by atoms with Gasteiger partial charge in [-0.15, -0.1) is 0 Å². The Hall–Kier alpha value is -3.32. The molecule has 0 spiro atoms. The molecule has 2 heterocycles. The zero-order chi connectivity index (χ0) is 21.6. The monoisotopic (exact) mass is 422 g/mol. The van der Waals surface area contributed by atoms with Crippen molar-refractivity contribution in [3.05, 3.63) is 84.1 Å². The summed E-state index contributed by atoms with van der Waals surface area (Å²) in [7, 11) is 2.08. The Balaban J connectivity index is 1.80. The maximum absolute atomic E-state index is 13.1. The average molecular weight is 422 g/mol. The van der Waals surface area contributed by atoms with Crippen LogP contribution in [0.15, 0.2) is 77.9 Å². The molecule has 1 fully saturated rings. The minimum atomic E-state index is -2.96. The van der Waals surface area contributed by atoms with Crippen molar-refractivity contribution in [2.75, 3.05) is 38.1 Å². The van der Waals surface area contributed by atoms with Crippen molar-refractivity contribution in [3.63, 3.8) is 0 Å². The van der Waals surface area contributed by atoms with Crippen LogP contribution in [0.5, 0.6) is 5.75 Å². The van der Waals surface area contributed by atoms with Crippen LogP contribution in [0.25, 0.3) is 0 Å². The molecule has 1 saturated heterocycles. The lowest BCUT2D eigenvalue weighted by atomic mass is 10.0. The molecule has 3 aromatic rings. The summed E-state index contributed by atoms with van der Waals surface area (Å²) in [4.78, 5) is 13.6. The minimum Gasteiger partial charge on any atom is -0.431 e. The quantitative estimate of drug-likeness (QED) is 0.545. The van der Waals surface area contributed by atoms with Gasteiger partial charge in [-0.25, -0.2) is 9.98 Å². The van der Waals surface area contributed by atoms with Crippen LogP contribution >= 0.6 is 0 Å². The Morgan fingerprint density at radius 2 is 1.52 bits per heavy atom. The summed E-state index contributed by atoms with van der Waals surface area (Å²) in [5, 5.41) is 0. The van der Waals surface area contributed by atoms with Gasteiger partial charge in [0.1, 0.15) is 11.5 Å². The lowest BCUT2D eigenvalue weighted by molar-refractivity contribution is -0.0496. The smallest absolute Gasteiger partial charge is 0.387 e. The predicted molar refractivity (Wildman–Crippen MR) is 119 cm³/mol. The molecule has 7 heteroatoms. The Morgan fingerprint density at radius 3 is 2.06 bits per heavy atom. The van der Waals surface area contributed by atoms with Crippen LogP contribution in [-0.4, -0.2) is 55.4 Å². The number of halogens is 2. The Kier molecular flexibility index (Phi) is 6.52. The van der Waals surface area contributed by atoms with Crippen LogP contribution in [0.2, 0.25) is 0 Å². The van der Waals surface area contributed by atoms with Crippen molar-refractivity contribution in [2.24, 2.45) is 4.99 Å². The number of likely N-dealkylation sites (N-methyl/N-ethyl adjacent to an activating group) is 1. The first-order chi connectivity index (χ1) is 15.1.